The van der Waals surface area contributed by atoms with Gasteiger partial charge in [-0.05, 0) is 26.0 Å². The van der Waals surface area contributed by atoms with Gasteiger partial charge in [-0.25, -0.2) is 4.98 Å². The van der Waals surface area contributed by atoms with Gasteiger partial charge in [0.2, 0.25) is 0 Å². The summed E-state index contributed by atoms with van der Waals surface area (Å²) in [6, 6.07) is 7.52. The zero-order chi connectivity index (χ0) is 12.3. The van der Waals surface area contributed by atoms with Crippen LogP contribution in [-0.4, -0.2) is 17.4 Å². The third-order valence-electron chi connectivity index (χ3n) is 2.40. The van der Waals surface area contributed by atoms with Gasteiger partial charge in [-0.1, -0.05) is 12.1 Å². The minimum absolute atomic E-state index is 0.0338. The van der Waals surface area contributed by atoms with Gasteiger partial charge in [-0.15, -0.1) is 11.3 Å². The normalized spacial score (nSPS) is 10.2. The number of hydrogen-bond donors (Lipinski definition) is 1. The zero-order valence-electron chi connectivity index (χ0n) is 9.86. The molecule has 2 rings (SSSR count). The number of rotatable bonds is 3. The van der Waals surface area contributed by atoms with E-state index in [4.69, 9.17) is 0 Å². The Labute approximate surface area is 105 Å². The molecule has 4 heteroatoms. The molecule has 1 heterocycles. The number of amides is 1. The fourth-order valence-electron chi connectivity index (χ4n) is 1.55. The Kier molecular flexibility index (Phi) is 3.54. The van der Waals surface area contributed by atoms with Crippen molar-refractivity contribution in [2.24, 2.45) is 0 Å². The third-order valence-corrected chi connectivity index (χ3v) is 3.17. The predicted octanol–water partition coefficient (Wildman–Crippen LogP) is 2.87. The maximum atomic E-state index is 11.6. The van der Waals surface area contributed by atoms with Gasteiger partial charge in [0.15, 0.2) is 0 Å². The van der Waals surface area contributed by atoms with E-state index in [0.29, 0.717) is 12.1 Å². The van der Waals surface area contributed by atoms with Crippen LogP contribution in [0.3, 0.4) is 0 Å². The molecule has 0 fully saturated rings. The van der Waals surface area contributed by atoms with Crippen LogP contribution in [0.25, 0.3) is 11.3 Å². The van der Waals surface area contributed by atoms with Crippen LogP contribution in [0.4, 0.5) is 0 Å². The number of aryl methyl sites for hydroxylation is 1. The van der Waals surface area contributed by atoms with Gasteiger partial charge in [-0.3, -0.25) is 4.79 Å². The maximum Gasteiger partial charge on any atom is 0.251 e. The lowest BCUT2D eigenvalue weighted by molar-refractivity contribution is 0.0956. The van der Waals surface area contributed by atoms with Gasteiger partial charge in [0.05, 0.1) is 10.7 Å². The van der Waals surface area contributed by atoms with Gasteiger partial charge in [0.25, 0.3) is 5.91 Å². The number of nitrogens with zero attached hydrogens (tertiary/aromatic N) is 1. The van der Waals surface area contributed by atoms with Crippen molar-refractivity contribution in [3.63, 3.8) is 0 Å². The van der Waals surface area contributed by atoms with E-state index < -0.39 is 0 Å². The van der Waals surface area contributed by atoms with Crippen molar-refractivity contribution in [2.75, 3.05) is 6.54 Å². The molecule has 0 bridgehead atoms. The molecule has 0 aliphatic carbocycles. The minimum atomic E-state index is -0.0338. The van der Waals surface area contributed by atoms with Crippen LogP contribution in [0.1, 0.15) is 22.3 Å². The summed E-state index contributed by atoms with van der Waals surface area (Å²) in [5.74, 6) is -0.0338. The second-order valence-corrected chi connectivity index (χ2v) is 4.75. The molecule has 88 valence electrons. The summed E-state index contributed by atoms with van der Waals surface area (Å²) < 4.78 is 0. The summed E-state index contributed by atoms with van der Waals surface area (Å²) >= 11 is 1.63. The summed E-state index contributed by atoms with van der Waals surface area (Å²) in [4.78, 5) is 16.0. The number of benzene rings is 1. The fourth-order valence-corrected chi connectivity index (χ4v) is 2.17. The molecule has 0 aliphatic rings. The summed E-state index contributed by atoms with van der Waals surface area (Å²) in [5.41, 5.74) is 2.69. The van der Waals surface area contributed by atoms with Crippen molar-refractivity contribution in [2.45, 2.75) is 13.8 Å². The Morgan fingerprint density at radius 3 is 2.59 bits per heavy atom. The van der Waals surface area contributed by atoms with Gasteiger partial charge in [0, 0.05) is 23.1 Å². The molecule has 0 atom stereocenters. The number of thiazole rings is 1. The molecule has 0 saturated carbocycles. The smallest absolute Gasteiger partial charge is 0.251 e. The van der Waals surface area contributed by atoms with Crippen LogP contribution in [-0.2, 0) is 0 Å². The standard InChI is InChI=1S/C13H14N2OS/c1-3-14-13(16)11-6-4-10(5-7-11)12-8-17-9(2)15-12/h4-8H,3H2,1-2H3,(H,14,16). The Balaban J connectivity index is 2.21. The predicted molar refractivity (Wildman–Crippen MR) is 70.3 cm³/mol. The SMILES string of the molecule is CCNC(=O)c1ccc(-c2csc(C)n2)cc1. The number of aromatic nitrogens is 1. The number of hydrogen-bond acceptors (Lipinski definition) is 3. The van der Waals surface area contributed by atoms with E-state index in [0.717, 1.165) is 16.3 Å². The van der Waals surface area contributed by atoms with Crippen LogP contribution >= 0.6 is 11.3 Å². The van der Waals surface area contributed by atoms with Crippen molar-refractivity contribution in [1.82, 2.24) is 10.3 Å². The quantitative estimate of drug-likeness (QED) is 0.904. The summed E-state index contributed by atoms with van der Waals surface area (Å²) in [5, 5.41) is 5.85. The van der Waals surface area contributed by atoms with Crippen LogP contribution in [0, 0.1) is 6.92 Å². The zero-order valence-corrected chi connectivity index (χ0v) is 10.7. The Hall–Kier alpha value is -1.68. The molecule has 0 radical (unpaired) electrons. The highest BCUT2D eigenvalue weighted by atomic mass is 32.1. The first kappa shape index (κ1) is 11.8. The Morgan fingerprint density at radius 1 is 1.35 bits per heavy atom. The maximum absolute atomic E-state index is 11.6. The molecular weight excluding hydrogens is 232 g/mol. The molecule has 1 N–H and O–H groups in total. The average Bonchev–Trinajstić information content (AvgIpc) is 2.76. The highest BCUT2D eigenvalue weighted by Gasteiger charge is 2.05. The lowest BCUT2D eigenvalue weighted by Gasteiger charge is -2.02. The van der Waals surface area contributed by atoms with Crippen molar-refractivity contribution in [1.29, 1.82) is 0 Å². The van der Waals surface area contributed by atoms with E-state index in [9.17, 15) is 4.79 Å². The molecule has 1 aromatic carbocycles. The van der Waals surface area contributed by atoms with Gasteiger partial charge < -0.3 is 5.32 Å². The van der Waals surface area contributed by atoms with E-state index in [2.05, 4.69) is 10.3 Å². The highest BCUT2D eigenvalue weighted by molar-refractivity contribution is 7.09. The second-order valence-electron chi connectivity index (χ2n) is 3.69. The van der Waals surface area contributed by atoms with E-state index >= 15 is 0 Å². The summed E-state index contributed by atoms with van der Waals surface area (Å²) in [7, 11) is 0. The molecule has 17 heavy (non-hydrogen) atoms. The number of nitrogens with one attached hydrogen (secondary N) is 1. The first-order valence-electron chi connectivity index (χ1n) is 5.51. The van der Waals surface area contributed by atoms with E-state index in [1.807, 2.05) is 43.5 Å². The third kappa shape index (κ3) is 2.71. The van der Waals surface area contributed by atoms with E-state index in [1.165, 1.54) is 0 Å². The molecule has 1 aromatic heterocycles. The molecule has 2 aromatic rings. The second kappa shape index (κ2) is 5.10. The van der Waals surface area contributed by atoms with Gasteiger partial charge in [-0.2, -0.15) is 0 Å². The molecule has 0 unspecified atom stereocenters. The van der Waals surface area contributed by atoms with Crippen molar-refractivity contribution in [3.8, 4) is 11.3 Å². The summed E-state index contributed by atoms with van der Waals surface area (Å²) in [6.45, 7) is 4.54. The van der Waals surface area contributed by atoms with Gasteiger partial charge >= 0.3 is 0 Å². The Bertz CT molecular complexity index is 516. The van der Waals surface area contributed by atoms with Crippen LogP contribution in [0.2, 0.25) is 0 Å². The largest absolute Gasteiger partial charge is 0.352 e. The summed E-state index contributed by atoms with van der Waals surface area (Å²) in [6.07, 6.45) is 0. The molecule has 0 saturated heterocycles. The van der Waals surface area contributed by atoms with Crippen LogP contribution in [0.5, 0.6) is 0 Å². The van der Waals surface area contributed by atoms with Crippen molar-refractivity contribution in [3.05, 3.63) is 40.2 Å². The first-order chi connectivity index (χ1) is 8.20. The van der Waals surface area contributed by atoms with E-state index in [-0.39, 0.29) is 5.91 Å². The highest BCUT2D eigenvalue weighted by Crippen LogP contribution is 2.21. The average molecular weight is 246 g/mol. The van der Waals surface area contributed by atoms with Crippen LogP contribution < -0.4 is 5.32 Å². The molecule has 0 aliphatic heterocycles. The fraction of sp³-hybridized carbons (Fsp3) is 0.231. The number of carbonyl (C=O) groups excluding carboxylic acids is 1. The first-order valence-corrected chi connectivity index (χ1v) is 6.39. The minimum Gasteiger partial charge on any atom is -0.352 e. The Morgan fingerprint density at radius 2 is 2.06 bits per heavy atom. The molecule has 1 amide bonds. The van der Waals surface area contributed by atoms with E-state index in [1.54, 1.807) is 11.3 Å². The lowest BCUT2D eigenvalue weighted by atomic mass is 10.1. The lowest BCUT2D eigenvalue weighted by Crippen LogP contribution is -2.22. The molecule has 3 nitrogen and oxygen atoms in total. The molecular formula is C13H14N2OS. The van der Waals surface area contributed by atoms with Gasteiger partial charge in [0.1, 0.15) is 0 Å². The van der Waals surface area contributed by atoms with Crippen molar-refractivity contribution >= 4 is 17.2 Å². The molecule has 0 spiro atoms. The number of carbonyl (C=O) groups is 1. The van der Waals surface area contributed by atoms with Crippen LogP contribution in [0.15, 0.2) is 29.6 Å². The van der Waals surface area contributed by atoms with Crippen molar-refractivity contribution < 1.29 is 4.79 Å². The topological polar surface area (TPSA) is 42.0 Å². The monoisotopic (exact) mass is 246 g/mol.